The van der Waals surface area contributed by atoms with E-state index in [-0.39, 0.29) is 11.8 Å². The zero-order valence-electron chi connectivity index (χ0n) is 13.5. The van der Waals surface area contributed by atoms with Crippen LogP contribution in [0.4, 0.5) is 4.79 Å². The van der Waals surface area contributed by atoms with Crippen LogP contribution in [0.2, 0.25) is 19.6 Å². The summed E-state index contributed by atoms with van der Waals surface area (Å²) in [7, 11) is -1.52. The molecule has 4 heteroatoms. The first-order valence-corrected chi connectivity index (χ1v) is 10.7. The van der Waals surface area contributed by atoms with Crippen LogP contribution in [-0.2, 0) is 11.2 Å². The van der Waals surface area contributed by atoms with Gasteiger partial charge in [0.2, 0.25) is 0 Å². The molecule has 0 aliphatic carbocycles. The fourth-order valence-electron chi connectivity index (χ4n) is 1.87. The van der Waals surface area contributed by atoms with Gasteiger partial charge in [-0.3, -0.25) is 0 Å². The fraction of sp³-hybridized carbons (Fsp3) is 0.562. The van der Waals surface area contributed by atoms with Crippen LogP contribution in [-0.4, -0.2) is 25.4 Å². The second-order valence-electron chi connectivity index (χ2n) is 7.25. The Hall–Kier alpha value is -1.29. The van der Waals surface area contributed by atoms with E-state index in [0.29, 0.717) is 0 Å². The van der Waals surface area contributed by atoms with Crippen molar-refractivity contribution >= 4 is 14.2 Å². The highest BCUT2D eigenvalue weighted by Crippen LogP contribution is 2.15. The number of carbonyl (C=O) groups excluding carboxylic acids is 1. The van der Waals surface area contributed by atoms with Gasteiger partial charge in [-0.2, -0.15) is 0 Å². The zero-order valence-corrected chi connectivity index (χ0v) is 14.5. The molecule has 1 N–H and O–H groups in total. The SMILES string of the molecule is CC(C)(C)OC(=O)NC(Cc1ccccc1)[Si](C)(C)C. The summed E-state index contributed by atoms with van der Waals surface area (Å²) in [6.45, 7) is 12.4. The largest absolute Gasteiger partial charge is 0.444 e. The summed E-state index contributed by atoms with van der Waals surface area (Å²) in [4.78, 5) is 12.0. The molecule has 0 spiro atoms. The van der Waals surface area contributed by atoms with E-state index >= 15 is 0 Å². The van der Waals surface area contributed by atoms with E-state index in [0.717, 1.165) is 6.42 Å². The lowest BCUT2D eigenvalue weighted by atomic mass is 10.1. The third kappa shape index (κ3) is 6.24. The van der Waals surface area contributed by atoms with Gasteiger partial charge in [0.1, 0.15) is 5.60 Å². The van der Waals surface area contributed by atoms with Gasteiger partial charge in [0.15, 0.2) is 0 Å². The van der Waals surface area contributed by atoms with Gasteiger partial charge in [0.25, 0.3) is 0 Å². The fourth-order valence-corrected chi connectivity index (χ4v) is 3.27. The van der Waals surface area contributed by atoms with Crippen molar-refractivity contribution in [3.05, 3.63) is 35.9 Å². The third-order valence-corrected chi connectivity index (χ3v) is 5.46. The number of alkyl carbamates (subject to hydrolysis) is 1. The molecule has 0 aliphatic rings. The molecule has 0 radical (unpaired) electrons. The smallest absolute Gasteiger partial charge is 0.407 e. The first-order chi connectivity index (χ1) is 9.08. The second kappa shape index (κ2) is 6.44. The molecular formula is C16H27NO2Si. The Bertz CT molecular complexity index is 432. The van der Waals surface area contributed by atoms with Crippen molar-refractivity contribution in [2.24, 2.45) is 0 Å². The Balaban J connectivity index is 2.74. The number of amides is 1. The average molecular weight is 293 g/mol. The van der Waals surface area contributed by atoms with Gasteiger partial charge in [0.05, 0.1) is 8.07 Å². The van der Waals surface area contributed by atoms with E-state index in [4.69, 9.17) is 4.74 Å². The summed E-state index contributed by atoms with van der Waals surface area (Å²) >= 11 is 0. The lowest BCUT2D eigenvalue weighted by Gasteiger charge is -2.31. The maximum absolute atomic E-state index is 12.0. The summed E-state index contributed by atoms with van der Waals surface area (Å²) in [5.74, 6) is 0. The molecule has 112 valence electrons. The van der Waals surface area contributed by atoms with Gasteiger partial charge >= 0.3 is 6.09 Å². The Morgan fingerprint density at radius 2 is 1.75 bits per heavy atom. The summed E-state index contributed by atoms with van der Waals surface area (Å²) in [6, 6.07) is 10.3. The van der Waals surface area contributed by atoms with Gasteiger partial charge < -0.3 is 10.1 Å². The Labute approximate surface area is 123 Å². The molecule has 0 saturated heterocycles. The van der Waals surface area contributed by atoms with Crippen molar-refractivity contribution in [1.82, 2.24) is 5.32 Å². The maximum atomic E-state index is 12.0. The van der Waals surface area contributed by atoms with Crippen LogP contribution in [0.25, 0.3) is 0 Å². The molecular weight excluding hydrogens is 266 g/mol. The molecule has 1 rings (SSSR count). The lowest BCUT2D eigenvalue weighted by molar-refractivity contribution is 0.0518. The minimum Gasteiger partial charge on any atom is -0.444 e. The first kappa shape index (κ1) is 16.8. The molecule has 3 nitrogen and oxygen atoms in total. The molecule has 0 fully saturated rings. The normalized spacial score (nSPS) is 13.7. The molecule has 1 amide bonds. The quantitative estimate of drug-likeness (QED) is 0.852. The summed E-state index contributed by atoms with van der Waals surface area (Å²) in [5.41, 5.74) is 0.955. The molecule has 1 aromatic rings. The monoisotopic (exact) mass is 293 g/mol. The second-order valence-corrected chi connectivity index (χ2v) is 12.7. The number of nitrogens with one attached hydrogen (secondary N) is 1. The van der Waals surface area contributed by atoms with Crippen LogP contribution < -0.4 is 5.32 Å². The highest BCUT2D eigenvalue weighted by Gasteiger charge is 2.30. The predicted molar refractivity (Wildman–Crippen MR) is 86.6 cm³/mol. The van der Waals surface area contributed by atoms with Gasteiger partial charge in [-0.15, -0.1) is 0 Å². The molecule has 1 atom stereocenters. The topological polar surface area (TPSA) is 38.3 Å². The Morgan fingerprint density at radius 1 is 1.20 bits per heavy atom. The number of hydrogen-bond acceptors (Lipinski definition) is 2. The first-order valence-electron chi connectivity index (χ1n) is 7.11. The van der Waals surface area contributed by atoms with Gasteiger partial charge in [0, 0.05) is 5.67 Å². The van der Waals surface area contributed by atoms with Gasteiger partial charge in [-0.05, 0) is 32.8 Å². The zero-order chi connectivity index (χ0) is 15.4. The number of benzene rings is 1. The molecule has 1 aromatic carbocycles. The van der Waals surface area contributed by atoms with Gasteiger partial charge in [-0.1, -0.05) is 50.0 Å². The molecule has 1 unspecified atom stereocenters. The van der Waals surface area contributed by atoms with E-state index in [9.17, 15) is 4.79 Å². The predicted octanol–water partition coefficient (Wildman–Crippen LogP) is 4.00. The number of carbonyl (C=O) groups is 1. The average Bonchev–Trinajstić information content (AvgIpc) is 2.25. The molecule has 0 aliphatic heterocycles. The van der Waals surface area contributed by atoms with E-state index in [1.807, 2.05) is 39.0 Å². The maximum Gasteiger partial charge on any atom is 0.407 e. The number of ether oxygens (including phenoxy) is 1. The van der Waals surface area contributed by atoms with Crippen molar-refractivity contribution < 1.29 is 9.53 Å². The van der Waals surface area contributed by atoms with Crippen LogP contribution in [0.3, 0.4) is 0 Å². The molecule has 0 aromatic heterocycles. The molecule has 0 saturated carbocycles. The van der Waals surface area contributed by atoms with Crippen LogP contribution >= 0.6 is 0 Å². The minimum atomic E-state index is -1.52. The summed E-state index contributed by atoms with van der Waals surface area (Å²) in [6.07, 6.45) is 0.538. The van der Waals surface area contributed by atoms with E-state index < -0.39 is 13.7 Å². The number of rotatable bonds is 4. The molecule has 0 heterocycles. The standard InChI is InChI=1S/C16H27NO2Si/c1-16(2,3)19-15(18)17-14(20(4,5)6)12-13-10-8-7-9-11-13/h7-11,14H,12H2,1-6H3,(H,17,18). The van der Waals surface area contributed by atoms with Crippen molar-refractivity contribution in [1.29, 1.82) is 0 Å². The molecule has 0 bridgehead atoms. The van der Waals surface area contributed by atoms with Crippen LogP contribution in [0.5, 0.6) is 0 Å². The molecule has 20 heavy (non-hydrogen) atoms. The van der Waals surface area contributed by atoms with E-state index in [2.05, 4.69) is 37.1 Å². The lowest BCUT2D eigenvalue weighted by Crippen LogP contribution is -2.53. The van der Waals surface area contributed by atoms with Gasteiger partial charge in [-0.25, -0.2) is 4.79 Å². The highest BCUT2D eigenvalue weighted by molar-refractivity contribution is 6.77. The van der Waals surface area contributed by atoms with Crippen LogP contribution in [0, 0.1) is 0 Å². The van der Waals surface area contributed by atoms with Crippen LogP contribution in [0.1, 0.15) is 26.3 Å². The summed E-state index contributed by atoms with van der Waals surface area (Å²) in [5, 5.41) is 3.06. The van der Waals surface area contributed by atoms with Crippen LogP contribution in [0.15, 0.2) is 30.3 Å². The highest BCUT2D eigenvalue weighted by atomic mass is 28.3. The third-order valence-electron chi connectivity index (χ3n) is 3.02. The van der Waals surface area contributed by atoms with Crippen molar-refractivity contribution in [2.45, 2.75) is 58.1 Å². The van der Waals surface area contributed by atoms with Crippen molar-refractivity contribution in [3.8, 4) is 0 Å². The Morgan fingerprint density at radius 3 is 2.20 bits per heavy atom. The van der Waals surface area contributed by atoms with E-state index in [1.54, 1.807) is 0 Å². The van der Waals surface area contributed by atoms with E-state index in [1.165, 1.54) is 5.56 Å². The minimum absolute atomic E-state index is 0.166. The summed E-state index contributed by atoms with van der Waals surface area (Å²) < 4.78 is 5.37. The number of hydrogen-bond donors (Lipinski definition) is 1. The Kier molecular flexibility index (Phi) is 5.40. The van der Waals surface area contributed by atoms with Crippen molar-refractivity contribution in [2.75, 3.05) is 0 Å². The van der Waals surface area contributed by atoms with Crippen molar-refractivity contribution in [3.63, 3.8) is 0 Å².